The smallest absolute Gasteiger partial charge is 0.0272 e. The Morgan fingerprint density at radius 3 is 1.91 bits per heavy atom. The van der Waals surface area contributed by atoms with E-state index < -0.39 is 0 Å². The fourth-order valence-corrected chi connectivity index (χ4v) is 2.71. The van der Waals surface area contributed by atoms with Crippen LogP contribution in [0.15, 0.2) is 0 Å². The fourth-order valence-electron chi connectivity index (χ4n) is 2.71. The van der Waals surface area contributed by atoms with Crippen LogP contribution in [0.25, 0.3) is 0 Å². The van der Waals surface area contributed by atoms with Gasteiger partial charge in [0.2, 0.25) is 0 Å². The van der Waals surface area contributed by atoms with Gasteiger partial charge in [-0.1, -0.05) is 27.7 Å². The van der Waals surface area contributed by atoms with Crippen LogP contribution >= 0.6 is 0 Å². The van der Waals surface area contributed by atoms with Gasteiger partial charge in [-0.2, -0.15) is 0 Å². The molecule has 2 aliphatic carbocycles. The number of fused-ring (bicyclic) bond motifs is 1. The zero-order valence-electron chi connectivity index (χ0n) is 8.48. The van der Waals surface area contributed by atoms with Crippen molar-refractivity contribution in [1.82, 2.24) is 0 Å². The van der Waals surface area contributed by atoms with Gasteiger partial charge >= 0.3 is 0 Å². The van der Waals surface area contributed by atoms with Crippen molar-refractivity contribution in [3.8, 4) is 0 Å². The lowest BCUT2D eigenvalue weighted by Crippen LogP contribution is -2.36. The van der Waals surface area contributed by atoms with Crippen molar-refractivity contribution in [2.45, 2.75) is 53.4 Å². The van der Waals surface area contributed by atoms with Crippen molar-refractivity contribution >= 4 is 0 Å². The molecule has 3 atom stereocenters. The third kappa shape index (κ3) is 1.21. The summed E-state index contributed by atoms with van der Waals surface area (Å²) in [5.74, 6) is 2.14. The highest BCUT2D eigenvalue weighted by Crippen LogP contribution is 2.59. The predicted octanol–water partition coefficient (Wildman–Crippen LogP) is 3.86. The van der Waals surface area contributed by atoms with E-state index in [0.29, 0.717) is 0 Å². The van der Waals surface area contributed by atoms with Gasteiger partial charge in [-0.3, -0.25) is 0 Å². The van der Waals surface area contributed by atoms with Crippen LogP contribution in [0.5, 0.6) is 0 Å². The second-order valence-corrected chi connectivity index (χ2v) is 4.22. The molecule has 66 valence electrons. The molecule has 11 heavy (non-hydrogen) atoms. The molecule has 0 N–H and O–H groups in total. The minimum atomic E-state index is 0.792. The van der Waals surface area contributed by atoms with Gasteiger partial charge in [0.05, 0.1) is 0 Å². The summed E-state index contributed by atoms with van der Waals surface area (Å²) in [4.78, 5) is 0. The first-order valence-corrected chi connectivity index (χ1v) is 5.23. The molecule has 0 saturated heterocycles. The van der Waals surface area contributed by atoms with Crippen molar-refractivity contribution in [3.05, 3.63) is 0 Å². The lowest BCUT2D eigenvalue weighted by Gasteiger charge is -2.45. The van der Waals surface area contributed by atoms with E-state index in [9.17, 15) is 0 Å². The first-order valence-electron chi connectivity index (χ1n) is 5.23. The molecule has 0 bridgehead atoms. The van der Waals surface area contributed by atoms with E-state index in [1.165, 1.54) is 25.7 Å². The molecule has 0 aromatic rings. The minimum absolute atomic E-state index is 0.792. The Bertz CT molecular complexity index is 120. The Morgan fingerprint density at radius 2 is 1.73 bits per heavy atom. The largest absolute Gasteiger partial charge is 0.0683 e. The molecular weight excluding hydrogens is 132 g/mol. The van der Waals surface area contributed by atoms with E-state index in [0.717, 1.165) is 17.3 Å². The average molecular weight is 154 g/mol. The maximum Gasteiger partial charge on any atom is -0.0272 e. The number of hydrogen-bond donors (Lipinski definition) is 0. The molecule has 0 radical (unpaired) electrons. The molecule has 0 aliphatic heterocycles. The summed E-state index contributed by atoms with van der Waals surface area (Å²) in [5.41, 5.74) is 0.792. The zero-order valence-corrected chi connectivity index (χ0v) is 8.48. The Labute approximate surface area is 71.4 Å². The van der Waals surface area contributed by atoms with E-state index in [1.54, 1.807) is 0 Å². The Hall–Kier alpha value is 0. The van der Waals surface area contributed by atoms with E-state index in [-0.39, 0.29) is 0 Å². The summed E-state index contributed by atoms with van der Waals surface area (Å²) < 4.78 is 0. The van der Waals surface area contributed by atoms with Crippen LogP contribution in [0.1, 0.15) is 53.4 Å². The summed E-state index contributed by atoms with van der Waals surface area (Å²) in [6.07, 6.45) is 6.07. The average Bonchev–Trinajstić information content (AvgIpc) is 2.20. The zero-order chi connectivity index (χ0) is 8.48. The molecule has 2 rings (SSSR count). The molecule has 2 saturated carbocycles. The van der Waals surface area contributed by atoms with E-state index in [4.69, 9.17) is 0 Å². The summed E-state index contributed by atoms with van der Waals surface area (Å²) in [5, 5.41) is 0. The highest BCUT2D eigenvalue weighted by molar-refractivity contribution is 5.00. The summed E-state index contributed by atoms with van der Waals surface area (Å²) in [6.45, 7) is 8.91. The molecule has 2 aliphatic rings. The van der Waals surface area contributed by atoms with Crippen LogP contribution in [0.2, 0.25) is 0 Å². The predicted molar refractivity (Wildman–Crippen MR) is 50.6 cm³/mol. The van der Waals surface area contributed by atoms with Crippen LogP contribution in [-0.4, -0.2) is 0 Å². The molecule has 0 spiro atoms. The maximum absolute atomic E-state index is 2.48. The van der Waals surface area contributed by atoms with Crippen LogP contribution in [0, 0.1) is 17.3 Å². The van der Waals surface area contributed by atoms with Gasteiger partial charge in [0.25, 0.3) is 0 Å². The highest BCUT2D eigenvalue weighted by atomic mass is 14.5. The Morgan fingerprint density at radius 1 is 1.09 bits per heavy atom. The fraction of sp³-hybridized carbons (Fsp3) is 1.00. The van der Waals surface area contributed by atoms with Crippen molar-refractivity contribution < 1.29 is 0 Å². The minimum Gasteiger partial charge on any atom is -0.0683 e. The number of rotatable bonds is 0. The topological polar surface area (TPSA) is 0 Å². The van der Waals surface area contributed by atoms with Gasteiger partial charge in [-0.25, -0.2) is 0 Å². The van der Waals surface area contributed by atoms with E-state index in [1.807, 2.05) is 13.8 Å². The van der Waals surface area contributed by atoms with Crippen molar-refractivity contribution in [2.75, 3.05) is 0 Å². The van der Waals surface area contributed by atoms with E-state index >= 15 is 0 Å². The van der Waals surface area contributed by atoms with Gasteiger partial charge in [0.1, 0.15) is 0 Å². The Balaban J connectivity index is 0.000000281. The summed E-state index contributed by atoms with van der Waals surface area (Å²) >= 11 is 0. The molecule has 2 fully saturated rings. The lowest BCUT2D eigenvalue weighted by atomic mass is 9.60. The molecule has 0 aromatic carbocycles. The van der Waals surface area contributed by atoms with Gasteiger partial charge in [0.15, 0.2) is 0 Å². The third-order valence-electron chi connectivity index (χ3n) is 4.04. The van der Waals surface area contributed by atoms with Crippen molar-refractivity contribution in [1.29, 1.82) is 0 Å². The first-order chi connectivity index (χ1) is 5.23. The van der Waals surface area contributed by atoms with Gasteiger partial charge in [0, 0.05) is 0 Å². The molecular formula is C11H22. The van der Waals surface area contributed by atoms with Gasteiger partial charge in [-0.15, -0.1) is 0 Å². The molecule has 0 amide bonds. The van der Waals surface area contributed by atoms with Crippen molar-refractivity contribution in [2.24, 2.45) is 17.3 Å². The second-order valence-electron chi connectivity index (χ2n) is 4.22. The maximum atomic E-state index is 2.48. The normalized spacial score (nSPS) is 46.9. The molecule has 3 unspecified atom stereocenters. The lowest BCUT2D eigenvalue weighted by molar-refractivity contribution is 0.0482. The quantitative estimate of drug-likeness (QED) is 0.497. The van der Waals surface area contributed by atoms with Crippen LogP contribution < -0.4 is 0 Å². The molecule has 0 nitrogen and oxygen atoms in total. The van der Waals surface area contributed by atoms with Gasteiger partial charge in [-0.05, 0) is 42.9 Å². The summed E-state index contributed by atoms with van der Waals surface area (Å²) in [6, 6.07) is 0. The molecule has 0 heterocycles. The van der Waals surface area contributed by atoms with Crippen LogP contribution in [0.3, 0.4) is 0 Å². The van der Waals surface area contributed by atoms with Crippen molar-refractivity contribution in [3.63, 3.8) is 0 Å². The first kappa shape index (κ1) is 9.09. The van der Waals surface area contributed by atoms with Crippen LogP contribution in [0.4, 0.5) is 0 Å². The second kappa shape index (κ2) is 3.16. The number of hydrogen-bond acceptors (Lipinski definition) is 0. The highest BCUT2D eigenvalue weighted by Gasteiger charge is 2.50. The van der Waals surface area contributed by atoms with E-state index in [2.05, 4.69) is 13.8 Å². The van der Waals surface area contributed by atoms with Gasteiger partial charge < -0.3 is 0 Å². The molecule has 0 aromatic heterocycles. The van der Waals surface area contributed by atoms with Crippen LogP contribution in [-0.2, 0) is 0 Å². The monoisotopic (exact) mass is 154 g/mol. The standard InChI is InChI=1S/C9H16.C2H6/c1-7-3-4-8-5-6-9(7,8)2;1-2/h7-8H,3-6H2,1-2H3;1-2H3. The molecule has 0 heteroatoms. The Kier molecular flexibility index (Phi) is 2.61. The third-order valence-corrected chi connectivity index (χ3v) is 4.04. The SMILES string of the molecule is CC.CC1CCC2CCC12C. The summed E-state index contributed by atoms with van der Waals surface area (Å²) in [7, 11) is 0.